The van der Waals surface area contributed by atoms with Crippen LogP contribution in [0.2, 0.25) is 0 Å². The second-order valence-electron chi connectivity index (χ2n) is 10.4. The molecule has 0 aromatic heterocycles. The van der Waals surface area contributed by atoms with Crippen LogP contribution in [0.3, 0.4) is 0 Å². The first kappa shape index (κ1) is 29.6. The lowest BCUT2D eigenvalue weighted by molar-refractivity contribution is -0.143. The molecular weight excluding hydrogens is 500 g/mol. The minimum atomic E-state index is -1.21. The lowest BCUT2D eigenvalue weighted by Crippen LogP contribution is -2.57. The standard InChI is InChI=1S/C29H38N4O6/c1-18(2)15-22(30)28(37)33-14-6-9-25(33)27(36)31-23(16-20-10-12-21(34)13-11-20)26(35)32-24(29(38)39)17-19-7-4-3-5-8-19/h3-5,7-8,10-13,18,22-25,34H,6,9,14-17,30H2,1-2H3,(H,31,36)(H,32,35)(H,38,39). The summed E-state index contributed by atoms with van der Waals surface area (Å²) < 4.78 is 0. The van der Waals surface area contributed by atoms with Gasteiger partial charge in [-0.2, -0.15) is 0 Å². The van der Waals surface area contributed by atoms with Crippen LogP contribution >= 0.6 is 0 Å². The van der Waals surface area contributed by atoms with Gasteiger partial charge in [-0.05, 0) is 48.4 Å². The number of rotatable bonds is 12. The Morgan fingerprint density at radius 1 is 0.949 bits per heavy atom. The Labute approximate surface area is 228 Å². The van der Waals surface area contributed by atoms with E-state index in [-0.39, 0.29) is 30.4 Å². The first-order valence-corrected chi connectivity index (χ1v) is 13.3. The third kappa shape index (κ3) is 8.54. The molecule has 4 unspecified atom stereocenters. The number of likely N-dealkylation sites (tertiary alicyclic amines) is 1. The first-order valence-electron chi connectivity index (χ1n) is 13.3. The summed E-state index contributed by atoms with van der Waals surface area (Å²) >= 11 is 0. The minimum Gasteiger partial charge on any atom is -0.508 e. The maximum absolute atomic E-state index is 13.4. The largest absolute Gasteiger partial charge is 0.508 e. The van der Waals surface area contributed by atoms with Crippen LogP contribution in [0.4, 0.5) is 0 Å². The van der Waals surface area contributed by atoms with Gasteiger partial charge in [0.05, 0.1) is 6.04 Å². The molecule has 0 spiro atoms. The number of hydrogen-bond acceptors (Lipinski definition) is 6. The molecule has 1 aliphatic heterocycles. The Bertz CT molecular complexity index is 1140. The lowest BCUT2D eigenvalue weighted by atomic mass is 10.0. The van der Waals surface area contributed by atoms with Gasteiger partial charge in [-0.15, -0.1) is 0 Å². The van der Waals surface area contributed by atoms with Crippen LogP contribution in [-0.2, 0) is 32.0 Å². The number of carboxylic acids is 1. The Morgan fingerprint density at radius 3 is 2.18 bits per heavy atom. The van der Waals surface area contributed by atoms with E-state index < -0.39 is 42.0 Å². The van der Waals surface area contributed by atoms with Crippen molar-refractivity contribution in [1.82, 2.24) is 15.5 Å². The Hall–Kier alpha value is -3.92. The molecule has 10 nitrogen and oxygen atoms in total. The van der Waals surface area contributed by atoms with Gasteiger partial charge in [0.2, 0.25) is 17.7 Å². The summed E-state index contributed by atoms with van der Waals surface area (Å²) in [6.45, 7) is 4.34. The van der Waals surface area contributed by atoms with Crippen LogP contribution in [0.15, 0.2) is 54.6 Å². The van der Waals surface area contributed by atoms with Gasteiger partial charge < -0.3 is 31.5 Å². The number of benzene rings is 2. The fourth-order valence-corrected chi connectivity index (χ4v) is 4.79. The van der Waals surface area contributed by atoms with E-state index in [0.29, 0.717) is 31.4 Å². The predicted octanol–water partition coefficient (Wildman–Crippen LogP) is 1.60. The molecule has 1 fully saturated rings. The Balaban J connectivity index is 1.77. The number of carbonyl (C=O) groups excluding carboxylic acids is 3. The van der Waals surface area contributed by atoms with E-state index in [1.165, 1.54) is 17.0 Å². The van der Waals surface area contributed by atoms with Gasteiger partial charge >= 0.3 is 5.97 Å². The predicted molar refractivity (Wildman–Crippen MR) is 146 cm³/mol. The van der Waals surface area contributed by atoms with Crippen molar-refractivity contribution < 1.29 is 29.4 Å². The highest BCUT2D eigenvalue weighted by molar-refractivity contribution is 5.94. The highest BCUT2D eigenvalue weighted by Crippen LogP contribution is 2.20. The average Bonchev–Trinajstić information content (AvgIpc) is 3.39. The number of hydrogen-bond donors (Lipinski definition) is 5. The molecule has 0 saturated carbocycles. The molecule has 1 heterocycles. The van der Waals surface area contributed by atoms with Crippen molar-refractivity contribution in [2.75, 3.05) is 6.54 Å². The zero-order chi connectivity index (χ0) is 28.5. The summed E-state index contributed by atoms with van der Waals surface area (Å²) in [7, 11) is 0. The van der Waals surface area contributed by atoms with Crippen molar-refractivity contribution in [2.45, 2.75) is 70.1 Å². The van der Waals surface area contributed by atoms with E-state index in [1.807, 2.05) is 19.9 Å². The maximum Gasteiger partial charge on any atom is 0.326 e. The van der Waals surface area contributed by atoms with Crippen molar-refractivity contribution in [1.29, 1.82) is 0 Å². The quantitative estimate of drug-likeness (QED) is 0.274. The lowest BCUT2D eigenvalue weighted by Gasteiger charge is -2.29. The molecule has 6 N–H and O–H groups in total. The van der Waals surface area contributed by atoms with E-state index in [4.69, 9.17) is 5.73 Å². The number of carboxylic acid groups (broad SMARTS) is 1. The van der Waals surface area contributed by atoms with Crippen LogP contribution in [0.25, 0.3) is 0 Å². The molecular formula is C29H38N4O6. The van der Waals surface area contributed by atoms with Crippen molar-refractivity contribution in [3.05, 3.63) is 65.7 Å². The number of aromatic hydroxyl groups is 1. The number of phenolic OH excluding ortho intramolecular Hbond substituents is 1. The van der Waals surface area contributed by atoms with Crippen LogP contribution in [-0.4, -0.2) is 69.5 Å². The van der Waals surface area contributed by atoms with Gasteiger partial charge in [-0.1, -0.05) is 56.3 Å². The summed E-state index contributed by atoms with van der Waals surface area (Å²) in [6.07, 6.45) is 1.69. The molecule has 4 atom stereocenters. The van der Waals surface area contributed by atoms with Crippen molar-refractivity contribution in [3.8, 4) is 5.75 Å². The fourth-order valence-electron chi connectivity index (χ4n) is 4.79. The molecule has 0 bridgehead atoms. The number of nitrogens with zero attached hydrogens (tertiary/aromatic N) is 1. The van der Waals surface area contributed by atoms with E-state index >= 15 is 0 Å². The Morgan fingerprint density at radius 2 is 1.56 bits per heavy atom. The van der Waals surface area contributed by atoms with Crippen LogP contribution in [0.5, 0.6) is 5.75 Å². The molecule has 3 amide bonds. The van der Waals surface area contributed by atoms with Gasteiger partial charge in [-0.3, -0.25) is 14.4 Å². The van der Waals surface area contributed by atoms with E-state index in [2.05, 4.69) is 10.6 Å². The van der Waals surface area contributed by atoms with Gasteiger partial charge in [0.25, 0.3) is 0 Å². The highest BCUT2D eigenvalue weighted by Gasteiger charge is 2.38. The average molecular weight is 539 g/mol. The second kappa shape index (κ2) is 13.7. The number of amides is 3. The number of carbonyl (C=O) groups is 4. The van der Waals surface area contributed by atoms with Gasteiger partial charge in [0.1, 0.15) is 23.9 Å². The van der Waals surface area contributed by atoms with Crippen molar-refractivity contribution in [2.24, 2.45) is 11.7 Å². The molecule has 1 saturated heterocycles. The summed E-state index contributed by atoms with van der Waals surface area (Å²) in [5, 5.41) is 24.7. The van der Waals surface area contributed by atoms with E-state index in [9.17, 15) is 29.4 Å². The minimum absolute atomic E-state index is 0.0513. The molecule has 210 valence electrons. The van der Waals surface area contributed by atoms with E-state index in [1.54, 1.807) is 36.4 Å². The van der Waals surface area contributed by atoms with Crippen LogP contribution < -0.4 is 16.4 Å². The smallest absolute Gasteiger partial charge is 0.326 e. The summed E-state index contributed by atoms with van der Waals surface area (Å²) in [5.41, 5.74) is 7.50. The summed E-state index contributed by atoms with van der Waals surface area (Å²) in [4.78, 5) is 53.2. The van der Waals surface area contributed by atoms with Crippen molar-refractivity contribution in [3.63, 3.8) is 0 Å². The molecule has 1 aliphatic rings. The molecule has 0 aliphatic carbocycles. The SMILES string of the molecule is CC(C)CC(N)C(=O)N1CCCC1C(=O)NC(Cc1ccc(O)cc1)C(=O)NC(Cc1ccccc1)C(=O)O. The molecule has 0 radical (unpaired) electrons. The summed E-state index contributed by atoms with van der Waals surface area (Å²) in [6, 6.07) is 11.3. The Kier molecular flexibility index (Phi) is 10.4. The van der Waals surface area contributed by atoms with Gasteiger partial charge in [0, 0.05) is 19.4 Å². The van der Waals surface area contributed by atoms with Gasteiger partial charge in [-0.25, -0.2) is 4.79 Å². The van der Waals surface area contributed by atoms with Crippen molar-refractivity contribution >= 4 is 23.7 Å². The second-order valence-corrected chi connectivity index (χ2v) is 10.4. The summed E-state index contributed by atoms with van der Waals surface area (Å²) in [5.74, 6) is -2.38. The number of phenols is 1. The fraction of sp³-hybridized carbons (Fsp3) is 0.448. The maximum atomic E-state index is 13.4. The number of nitrogens with one attached hydrogen (secondary N) is 2. The molecule has 10 heteroatoms. The molecule has 39 heavy (non-hydrogen) atoms. The molecule has 2 aromatic rings. The van der Waals surface area contributed by atoms with Crippen LogP contribution in [0.1, 0.15) is 44.2 Å². The zero-order valence-electron chi connectivity index (χ0n) is 22.4. The van der Waals surface area contributed by atoms with Gasteiger partial charge in [0.15, 0.2) is 0 Å². The number of nitrogens with two attached hydrogens (primary N) is 1. The van der Waals surface area contributed by atoms with E-state index in [0.717, 1.165) is 5.56 Å². The van der Waals surface area contributed by atoms with Crippen LogP contribution in [0, 0.1) is 5.92 Å². The highest BCUT2D eigenvalue weighted by atomic mass is 16.4. The number of aliphatic carboxylic acids is 1. The third-order valence-electron chi connectivity index (χ3n) is 6.79. The topological polar surface area (TPSA) is 162 Å². The third-order valence-corrected chi connectivity index (χ3v) is 6.79. The zero-order valence-corrected chi connectivity index (χ0v) is 22.4. The molecule has 2 aromatic carbocycles. The normalized spacial score (nSPS) is 17.3. The molecule has 3 rings (SSSR count). The monoisotopic (exact) mass is 538 g/mol. The first-order chi connectivity index (χ1) is 18.5.